The van der Waals surface area contributed by atoms with Crippen LogP contribution in [-0.4, -0.2) is 49.8 Å². The minimum atomic E-state index is -0.846. The summed E-state index contributed by atoms with van der Waals surface area (Å²) in [6.45, 7) is 9.78. The van der Waals surface area contributed by atoms with Crippen molar-refractivity contribution in [2.24, 2.45) is 5.92 Å². The van der Waals surface area contributed by atoms with Gasteiger partial charge in [-0.1, -0.05) is 6.92 Å². The second-order valence-corrected chi connectivity index (χ2v) is 7.09. The van der Waals surface area contributed by atoms with E-state index in [-0.39, 0.29) is 5.91 Å². The lowest BCUT2D eigenvalue weighted by atomic mass is 10.0. The summed E-state index contributed by atoms with van der Waals surface area (Å²) in [7, 11) is 1.53. The number of amides is 1. The third kappa shape index (κ3) is 5.49. The van der Waals surface area contributed by atoms with Gasteiger partial charge in [0, 0.05) is 25.9 Å². The largest absolute Gasteiger partial charge is 0.492 e. The Balaban J connectivity index is 1.76. The molecule has 0 unspecified atom stereocenters. The van der Waals surface area contributed by atoms with E-state index >= 15 is 0 Å². The Morgan fingerprint density at radius 3 is 2.67 bits per heavy atom. The monoisotopic (exact) mass is 334 g/mol. The molecule has 0 saturated carbocycles. The number of nitrogens with one attached hydrogen (secondary N) is 1. The number of methoxy groups -OCH3 is 1. The Kier molecular flexibility index (Phi) is 6.63. The van der Waals surface area contributed by atoms with E-state index in [2.05, 4.69) is 17.1 Å². The molecule has 2 rings (SSSR count). The highest BCUT2D eigenvalue weighted by Crippen LogP contribution is 2.19. The highest BCUT2D eigenvalue weighted by Gasteiger charge is 2.26. The zero-order valence-electron chi connectivity index (χ0n) is 15.3. The van der Waals surface area contributed by atoms with Crippen LogP contribution in [-0.2, 0) is 9.53 Å². The third-order valence-corrected chi connectivity index (χ3v) is 4.59. The second-order valence-electron chi connectivity index (χ2n) is 7.09. The predicted molar refractivity (Wildman–Crippen MR) is 96.5 cm³/mol. The summed E-state index contributed by atoms with van der Waals surface area (Å²) in [5, 5.41) is 2.85. The molecule has 1 N–H and O–H groups in total. The maximum absolute atomic E-state index is 12.1. The van der Waals surface area contributed by atoms with Gasteiger partial charge in [-0.2, -0.15) is 0 Å². The first-order chi connectivity index (χ1) is 11.4. The minimum Gasteiger partial charge on any atom is -0.492 e. The third-order valence-electron chi connectivity index (χ3n) is 4.59. The molecule has 1 amide bonds. The van der Waals surface area contributed by atoms with Gasteiger partial charge < -0.3 is 14.8 Å². The summed E-state index contributed by atoms with van der Waals surface area (Å²) >= 11 is 0. The van der Waals surface area contributed by atoms with Crippen molar-refractivity contribution in [1.82, 2.24) is 4.90 Å². The van der Waals surface area contributed by atoms with Crippen LogP contribution >= 0.6 is 0 Å². The van der Waals surface area contributed by atoms with Crippen molar-refractivity contribution in [2.45, 2.75) is 39.2 Å². The van der Waals surface area contributed by atoms with E-state index in [9.17, 15) is 4.79 Å². The normalized spacial score (nSPS) is 19.1. The molecule has 0 spiro atoms. The Morgan fingerprint density at radius 2 is 2.04 bits per heavy atom. The van der Waals surface area contributed by atoms with Crippen LogP contribution in [0.25, 0.3) is 0 Å². The number of ether oxygens (including phenoxy) is 2. The van der Waals surface area contributed by atoms with Gasteiger partial charge >= 0.3 is 0 Å². The zero-order valence-corrected chi connectivity index (χ0v) is 15.3. The van der Waals surface area contributed by atoms with Crippen molar-refractivity contribution in [3.8, 4) is 5.75 Å². The summed E-state index contributed by atoms with van der Waals surface area (Å²) in [6, 6.07) is 7.46. The van der Waals surface area contributed by atoms with Crippen molar-refractivity contribution >= 4 is 11.6 Å². The lowest BCUT2D eigenvalue weighted by molar-refractivity contribution is -0.133. The molecular formula is C19H30N2O3. The van der Waals surface area contributed by atoms with E-state index < -0.39 is 5.60 Å². The van der Waals surface area contributed by atoms with E-state index in [1.807, 2.05) is 24.3 Å². The summed E-state index contributed by atoms with van der Waals surface area (Å²) in [4.78, 5) is 14.5. The Morgan fingerprint density at radius 1 is 1.33 bits per heavy atom. The molecule has 1 saturated heterocycles. The van der Waals surface area contributed by atoms with Crippen LogP contribution in [0.3, 0.4) is 0 Å². The number of benzene rings is 1. The molecule has 5 heteroatoms. The lowest BCUT2D eigenvalue weighted by Crippen LogP contribution is -2.38. The summed E-state index contributed by atoms with van der Waals surface area (Å²) in [5.74, 6) is 1.44. The van der Waals surface area contributed by atoms with Gasteiger partial charge in [-0.25, -0.2) is 0 Å². The first-order valence-corrected chi connectivity index (χ1v) is 8.72. The summed E-state index contributed by atoms with van der Waals surface area (Å²) in [5.41, 5.74) is -0.108. The maximum Gasteiger partial charge on any atom is 0.256 e. The highest BCUT2D eigenvalue weighted by molar-refractivity contribution is 5.96. The molecular weight excluding hydrogens is 304 g/mol. The number of carbonyl (C=O) groups excluding carboxylic acids is 1. The Bertz CT molecular complexity index is 528. The van der Waals surface area contributed by atoms with Crippen LogP contribution in [0.5, 0.6) is 5.75 Å². The van der Waals surface area contributed by atoms with Crippen molar-refractivity contribution in [3.05, 3.63) is 24.3 Å². The molecule has 1 aliphatic heterocycles. The van der Waals surface area contributed by atoms with Crippen LogP contribution in [0.1, 0.15) is 33.6 Å². The van der Waals surface area contributed by atoms with Crippen molar-refractivity contribution in [1.29, 1.82) is 0 Å². The van der Waals surface area contributed by atoms with E-state index in [1.165, 1.54) is 33.0 Å². The number of piperidine rings is 1. The van der Waals surface area contributed by atoms with E-state index in [1.54, 1.807) is 13.8 Å². The van der Waals surface area contributed by atoms with Crippen LogP contribution in [0.15, 0.2) is 24.3 Å². The average Bonchev–Trinajstić information content (AvgIpc) is 2.56. The molecule has 134 valence electrons. The molecule has 0 aromatic heterocycles. The SMILES string of the molecule is COC(C)(C)C(=O)Nc1ccc(OCCN2CCC[C@@H](C)C2)cc1. The van der Waals surface area contributed by atoms with Gasteiger partial charge in [0.25, 0.3) is 5.91 Å². The number of carbonyl (C=O) groups is 1. The molecule has 24 heavy (non-hydrogen) atoms. The number of anilines is 1. The Hall–Kier alpha value is -1.59. The average molecular weight is 334 g/mol. The molecule has 1 aliphatic rings. The second kappa shape index (κ2) is 8.49. The van der Waals surface area contributed by atoms with Crippen LogP contribution in [0.2, 0.25) is 0 Å². The summed E-state index contributed by atoms with van der Waals surface area (Å²) < 4.78 is 11.0. The van der Waals surface area contributed by atoms with Crippen molar-refractivity contribution in [3.63, 3.8) is 0 Å². The maximum atomic E-state index is 12.1. The number of hydrogen-bond donors (Lipinski definition) is 1. The number of rotatable bonds is 7. The molecule has 1 aromatic carbocycles. The first-order valence-electron chi connectivity index (χ1n) is 8.72. The van der Waals surface area contributed by atoms with Crippen molar-refractivity contribution in [2.75, 3.05) is 38.7 Å². The molecule has 0 bridgehead atoms. The van der Waals surface area contributed by atoms with Gasteiger partial charge in [-0.15, -0.1) is 0 Å². The molecule has 1 fully saturated rings. The Labute approximate surface area is 145 Å². The van der Waals surface area contributed by atoms with Crippen LogP contribution in [0, 0.1) is 5.92 Å². The number of hydrogen-bond acceptors (Lipinski definition) is 4. The first kappa shape index (κ1) is 18.7. The molecule has 0 radical (unpaired) electrons. The van der Waals surface area contributed by atoms with Crippen LogP contribution in [0.4, 0.5) is 5.69 Å². The fourth-order valence-electron chi connectivity index (χ4n) is 2.79. The van der Waals surface area contributed by atoms with Gasteiger partial charge in [0.05, 0.1) is 0 Å². The highest BCUT2D eigenvalue weighted by atomic mass is 16.5. The quantitative estimate of drug-likeness (QED) is 0.832. The lowest BCUT2D eigenvalue weighted by Gasteiger charge is -2.30. The van der Waals surface area contributed by atoms with Gasteiger partial charge in [-0.05, 0) is 63.4 Å². The number of likely N-dealkylation sites (tertiary alicyclic amines) is 1. The van der Waals surface area contributed by atoms with Gasteiger partial charge in [-0.3, -0.25) is 9.69 Å². The fraction of sp³-hybridized carbons (Fsp3) is 0.632. The van der Waals surface area contributed by atoms with Gasteiger partial charge in [0.1, 0.15) is 18.0 Å². The molecule has 1 atom stereocenters. The predicted octanol–water partition coefficient (Wildman–Crippen LogP) is 3.16. The van der Waals surface area contributed by atoms with Crippen molar-refractivity contribution < 1.29 is 14.3 Å². The fourth-order valence-corrected chi connectivity index (χ4v) is 2.79. The van der Waals surface area contributed by atoms with Gasteiger partial charge in [0.15, 0.2) is 0 Å². The van der Waals surface area contributed by atoms with Crippen LogP contribution < -0.4 is 10.1 Å². The van der Waals surface area contributed by atoms with Gasteiger partial charge in [0.2, 0.25) is 0 Å². The van der Waals surface area contributed by atoms with E-state index in [0.717, 1.165) is 23.9 Å². The van der Waals surface area contributed by atoms with E-state index in [0.29, 0.717) is 6.61 Å². The molecule has 1 aromatic rings. The minimum absolute atomic E-state index is 0.169. The standard InChI is InChI=1S/C19H30N2O3/c1-15-6-5-11-21(14-15)12-13-24-17-9-7-16(8-10-17)20-18(22)19(2,3)23-4/h7-10,15H,5-6,11-14H2,1-4H3,(H,20,22)/t15-/m1/s1. The topological polar surface area (TPSA) is 50.8 Å². The molecule has 5 nitrogen and oxygen atoms in total. The smallest absolute Gasteiger partial charge is 0.256 e. The molecule has 1 heterocycles. The van der Waals surface area contributed by atoms with E-state index in [4.69, 9.17) is 9.47 Å². The summed E-state index contributed by atoms with van der Waals surface area (Å²) in [6.07, 6.45) is 2.62. The zero-order chi connectivity index (χ0) is 17.6. The number of nitrogens with zero attached hydrogens (tertiary/aromatic N) is 1. The molecule has 0 aliphatic carbocycles.